The van der Waals surface area contributed by atoms with Gasteiger partial charge in [-0.25, -0.2) is 4.57 Å². The Bertz CT molecular complexity index is 1360. The molecule has 59 heavy (non-hydrogen) atoms. The van der Waals surface area contributed by atoms with Gasteiger partial charge in [-0.15, -0.1) is 0 Å². The van der Waals surface area contributed by atoms with Crippen LogP contribution in [-0.2, 0) is 32.7 Å². The number of aliphatic hydroxyl groups is 5. The van der Waals surface area contributed by atoms with Gasteiger partial charge in [0.25, 0.3) is 0 Å². The molecule has 1 aliphatic rings. The molecule has 0 aliphatic heterocycles. The lowest BCUT2D eigenvalue weighted by Crippen LogP contribution is -2.64. The van der Waals surface area contributed by atoms with E-state index in [2.05, 4.69) is 92.8 Å². The van der Waals surface area contributed by atoms with E-state index in [-0.39, 0.29) is 12.8 Å². The molecule has 0 heterocycles. The summed E-state index contributed by atoms with van der Waals surface area (Å²) in [7, 11) is -5.14. The van der Waals surface area contributed by atoms with Crippen molar-refractivity contribution in [3.63, 3.8) is 0 Å². The van der Waals surface area contributed by atoms with E-state index in [1.165, 1.54) is 0 Å². The van der Waals surface area contributed by atoms with Crippen molar-refractivity contribution in [2.75, 3.05) is 13.2 Å². The van der Waals surface area contributed by atoms with E-state index >= 15 is 0 Å². The second-order valence-corrected chi connectivity index (χ2v) is 15.8. The van der Waals surface area contributed by atoms with Gasteiger partial charge in [-0.2, -0.15) is 0 Å². The predicted molar refractivity (Wildman–Crippen MR) is 230 cm³/mol. The summed E-state index contributed by atoms with van der Waals surface area (Å²) in [6.45, 7) is 2.99. The molecule has 0 bridgehead atoms. The third-order valence-electron chi connectivity index (χ3n) is 9.23. The van der Waals surface area contributed by atoms with Crippen LogP contribution in [0.15, 0.2) is 85.1 Å². The first-order valence-corrected chi connectivity index (χ1v) is 22.9. The predicted octanol–water partition coefficient (Wildman–Crippen LogP) is 7.72. The molecule has 13 nitrogen and oxygen atoms in total. The fourth-order valence-corrected chi connectivity index (χ4v) is 6.79. The number of phosphoric ester groups is 1. The third kappa shape index (κ3) is 27.5. The van der Waals surface area contributed by atoms with E-state index in [0.717, 1.165) is 83.5 Å². The number of carbonyl (C=O) groups is 2. The molecule has 14 heteroatoms. The molecule has 1 rings (SSSR count). The average molecular weight is 853 g/mol. The summed E-state index contributed by atoms with van der Waals surface area (Å²) in [5.74, 6) is -1.18. The van der Waals surface area contributed by atoms with Crippen LogP contribution in [0.5, 0.6) is 0 Å². The van der Waals surface area contributed by atoms with Crippen LogP contribution in [0.4, 0.5) is 0 Å². The Labute approximate surface area is 352 Å². The molecule has 0 aromatic carbocycles. The van der Waals surface area contributed by atoms with Crippen molar-refractivity contribution in [1.29, 1.82) is 0 Å². The molecule has 1 saturated carbocycles. The van der Waals surface area contributed by atoms with Gasteiger partial charge in [0, 0.05) is 12.8 Å². The summed E-state index contributed by atoms with van der Waals surface area (Å²) in [4.78, 5) is 35.6. The minimum Gasteiger partial charge on any atom is -0.462 e. The number of hydrogen-bond acceptors (Lipinski definition) is 12. The molecule has 6 N–H and O–H groups in total. The van der Waals surface area contributed by atoms with Crippen molar-refractivity contribution in [2.24, 2.45) is 0 Å². The topological polar surface area (TPSA) is 210 Å². The van der Waals surface area contributed by atoms with Gasteiger partial charge in [-0.05, 0) is 83.5 Å². The van der Waals surface area contributed by atoms with Crippen molar-refractivity contribution >= 4 is 19.8 Å². The molecule has 0 saturated heterocycles. The van der Waals surface area contributed by atoms with Gasteiger partial charge in [0.15, 0.2) is 6.10 Å². The lowest BCUT2D eigenvalue weighted by atomic mass is 9.85. The van der Waals surface area contributed by atoms with Crippen molar-refractivity contribution in [2.45, 2.75) is 172 Å². The maximum atomic E-state index is 12.8. The lowest BCUT2D eigenvalue weighted by Gasteiger charge is -2.41. The highest BCUT2D eigenvalue weighted by molar-refractivity contribution is 7.47. The SMILES string of the molecule is CC/C=C\C/C=C\C/C=C\C/C=C\CCCCC(=O)OC(COC(=O)CCCCCCC/C=C\C/C=C\C/C=C\CC)COP(=O)(O)OC1C(O)C(O)C(O)C(O)C1O. The molecule has 0 aromatic heterocycles. The zero-order valence-corrected chi connectivity index (χ0v) is 36.1. The molecule has 1 fully saturated rings. The molecular formula is C45H73O13P. The van der Waals surface area contributed by atoms with Crippen LogP contribution in [0.3, 0.4) is 0 Å². The number of rotatable bonds is 33. The Kier molecular flexibility index (Phi) is 31.8. The summed E-state index contributed by atoms with van der Waals surface area (Å²) >= 11 is 0. The molecule has 1 aliphatic carbocycles. The summed E-state index contributed by atoms with van der Waals surface area (Å²) in [6.07, 6.45) is 30.8. The quantitative estimate of drug-likeness (QED) is 0.0162. The van der Waals surface area contributed by atoms with Crippen LogP contribution < -0.4 is 0 Å². The number of aliphatic hydroxyl groups excluding tert-OH is 5. The fraction of sp³-hybridized carbons (Fsp3) is 0.644. The summed E-state index contributed by atoms with van der Waals surface area (Å²) in [5, 5.41) is 50.1. The number of unbranched alkanes of at least 4 members (excludes halogenated alkanes) is 7. The van der Waals surface area contributed by atoms with E-state index in [9.17, 15) is 44.6 Å². The Morgan fingerprint density at radius 2 is 0.915 bits per heavy atom. The van der Waals surface area contributed by atoms with Gasteiger partial charge < -0.3 is 39.9 Å². The number of hydrogen-bond donors (Lipinski definition) is 6. The maximum absolute atomic E-state index is 12.8. The second-order valence-electron chi connectivity index (χ2n) is 14.4. The number of carbonyl (C=O) groups excluding carboxylic acids is 2. The van der Waals surface area contributed by atoms with Crippen LogP contribution in [0.25, 0.3) is 0 Å². The lowest BCUT2D eigenvalue weighted by molar-refractivity contribution is -0.220. The van der Waals surface area contributed by atoms with E-state index in [4.69, 9.17) is 18.5 Å². The molecular weight excluding hydrogens is 779 g/mol. The highest BCUT2D eigenvalue weighted by atomic mass is 31.2. The van der Waals surface area contributed by atoms with Gasteiger partial charge in [-0.3, -0.25) is 18.6 Å². The number of phosphoric acid groups is 1. The number of allylic oxidation sites excluding steroid dienone is 14. The van der Waals surface area contributed by atoms with Gasteiger partial charge in [0.1, 0.15) is 43.2 Å². The molecule has 0 radical (unpaired) electrons. The van der Waals surface area contributed by atoms with Crippen LogP contribution >= 0.6 is 7.82 Å². The van der Waals surface area contributed by atoms with E-state index < -0.39 is 75.7 Å². The molecule has 0 amide bonds. The molecule has 6 unspecified atom stereocenters. The van der Waals surface area contributed by atoms with Crippen molar-refractivity contribution < 1.29 is 63.1 Å². The van der Waals surface area contributed by atoms with Gasteiger partial charge in [0.05, 0.1) is 6.61 Å². The minimum absolute atomic E-state index is 0.0353. The third-order valence-corrected chi connectivity index (χ3v) is 10.2. The van der Waals surface area contributed by atoms with Crippen LogP contribution in [-0.4, -0.2) is 98.3 Å². The second kappa shape index (κ2) is 34.7. The van der Waals surface area contributed by atoms with Crippen LogP contribution in [0, 0.1) is 0 Å². The highest BCUT2D eigenvalue weighted by Gasteiger charge is 2.51. The van der Waals surface area contributed by atoms with E-state index in [1.807, 2.05) is 6.08 Å². The van der Waals surface area contributed by atoms with Crippen molar-refractivity contribution in [3.8, 4) is 0 Å². The minimum atomic E-state index is -5.14. The zero-order valence-electron chi connectivity index (χ0n) is 35.3. The maximum Gasteiger partial charge on any atom is 0.472 e. The Morgan fingerprint density at radius 3 is 1.42 bits per heavy atom. The standard InChI is InChI=1S/C45H73O13P/c1-3-5-7-9-11-13-15-17-19-21-23-25-27-29-31-33-38(46)55-35-37(36-56-59(53,54)58-45-43(51)41(49)40(48)42(50)44(45)52)57-39(47)34-32-30-28-26-24-22-20-18-16-14-12-10-8-6-4-2/h5-8,11-14,17-20,24,26,37,40-45,48-52H,3-4,9-10,15-16,21-23,25,27-36H2,1-2H3,(H,53,54)/b7-5-,8-6-,13-11-,14-12-,19-17-,20-18-,26-24-. The number of ether oxygens (including phenoxy) is 2. The smallest absolute Gasteiger partial charge is 0.462 e. The van der Waals surface area contributed by atoms with Gasteiger partial charge >= 0.3 is 19.8 Å². The van der Waals surface area contributed by atoms with Crippen LogP contribution in [0.1, 0.15) is 129 Å². The Morgan fingerprint density at radius 1 is 0.525 bits per heavy atom. The monoisotopic (exact) mass is 852 g/mol. The summed E-state index contributed by atoms with van der Waals surface area (Å²) in [6, 6.07) is 0. The average Bonchev–Trinajstić information content (AvgIpc) is 3.21. The Balaban J connectivity index is 2.55. The zero-order chi connectivity index (χ0) is 43.6. The summed E-state index contributed by atoms with van der Waals surface area (Å²) in [5.41, 5.74) is 0. The molecule has 0 spiro atoms. The van der Waals surface area contributed by atoms with Gasteiger partial charge in [-0.1, -0.05) is 118 Å². The number of esters is 2. The van der Waals surface area contributed by atoms with E-state index in [1.54, 1.807) is 0 Å². The molecule has 0 aromatic rings. The first kappa shape index (κ1) is 54.0. The van der Waals surface area contributed by atoms with Crippen molar-refractivity contribution in [1.82, 2.24) is 0 Å². The van der Waals surface area contributed by atoms with E-state index in [0.29, 0.717) is 19.3 Å². The first-order chi connectivity index (χ1) is 28.4. The largest absolute Gasteiger partial charge is 0.472 e. The normalized spacial score (nSPS) is 23.2. The molecule has 6 atom stereocenters. The Hall–Kier alpha value is -2.97. The highest BCUT2D eigenvalue weighted by Crippen LogP contribution is 2.47. The summed E-state index contributed by atoms with van der Waals surface area (Å²) < 4.78 is 33.4. The molecule has 336 valence electrons. The first-order valence-electron chi connectivity index (χ1n) is 21.4. The van der Waals surface area contributed by atoms with Crippen molar-refractivity contribution in [3.05, 3.63) is 85.1 Å². The fourth-order valence-electron chi connectivity index (χ4n) is 5.82. The van der Waals surface area contributed by atoms with Crippen LogP contribution in [0.2, 0.25) is 0 Å². The van der Waals surface area contributed by atoms with Gasteiger partial charge in [0.2, 0.25) is 0 Å².